The molecule has 0 fully saturated rings. The van der Waals surface area contributed by atoms with Crippen LogP contribution >= 0.6 is 0 Å². The van der Waals surface area contributed by atoms with E-state index < -0.39 is 11.6 Å². The fourth-order valence-corrected chi connectivity index (χ4v) is 2.55. The summed E-state index contributed by atoms with van der Waals surface area (Å²) in [6.07, 6.45) is 0. The zero-order chi connectivity index (χ0) is 13.9. The maximum atomic E-state index is 13.3. The van der Waals surface area contributed by atoms with E-state index in [2.05, 4.69) is 22.3 Å². The van der Waals surface area contributed by atoms with E-state index in [9.17, 15) is 8.78 Å². The van der Waals surface area contributed by atoms with Crippen LogP contribution in [0.25, 0.3) is 0 Å². The number of hydrogen-bond donors (Lipinski definition) is 1. The SMILES string of the molecule is Fc1ccc(CN2CCNCc3ccccc32)cc1F. The molecule has 104 valence electrons. The lowest BCUT2D eigenvalue weighted by Crippen LogP contribution is -2.28. The average Bonchev–Trinajstić information content (AvgIpc) is 2.66. The lowest BCUT2D eigenvalue weighted by molar-refractivity contribution is 0.507. The molecule has 0 bridgehead atoms. The first kappa shape index (κ1) is 13.1. The predicted octanol–water partition coefficient (Wildman–Crippen LogP) is 3.07. The Labute approximate surface area is 117 Å². The Hall–Kier alpha value is -1.94. The van der Waals surface area contributed by atoms with Gasteiger partial charge in [0.2, 0.25) is 0 Å². The molecule has 1 aliphatic heterocycles. The van der Waals surface area contributed by atoms with Crippen LogP contribution in [-0.2, 0) is 13.1 Å². The van der Waals surface area contributed by atoms with Gasteiger partial charge in [-0.15, -0.1) is 0 Å². The molecule has 1 aliphatic rings. The fourth-order valence-electron chi connectivity index (χ4n) is 2.55. The molecule has 0 unspecified atom stereocenters. The van der Waals surface area contributed by atoms with Crippen LogP contribution in [0.3, 0.4) is 0 Å². The van der Waals surface area contributed by atoms with Gasteiger partial charge in [-0.05, 0) is 29.3 Å². The van der Waals surface area contributed by atoms with Gasteiger partial charge in [0.25, 0.3) is 0 Å². The standard InChI is InChI=1S/C16H16F2N2/c17-14-6-5-12(9-15(14)18)11-20-8-7-19-10-13-3-1-2-4-16(13)20/h1-6,9,19H,7-8,10-11H2. The normalized spacial score (nSPS) is 14.8. The fraction of sp³-hybridized carbons (Fsp3) is 0.250. The van der Waals surface area contributed by atoms with Crippen LogP contribution in [0.1, 0.15) is 11.1 Å². The molecule has 3 rings (SSSR count). The quantitative estimate of drug-likeness (QED) is 0.905. The topological polar surface area (TPSA) is 15.3 Å². The van der Waals surface area contributed by atoms with E-state index in [0.29, 0.717) is 6.54 Å². The summed E-state index contributed by atoms with van der Waals surface area (Å²) in [7, 11) is 0. The highest BCUT2D eigenvalue weighted by Gasteiger charge is 2.15. The summed E-state index contributed by atoms with van der Waals surface area (Å²) in [6, 6.07) is 12.3. The highest BCUT2D eigenvalue weighted by Crippen LogP contribution is 2.24. The van der Waals surface area contributed by atoms with Gasteiger partial charge in [0.15, 0.2) is 11.6 Å². The van der Waals surface area contributed by atoms with Crippen molar-refractivity contribution in [2.45, 2.75) is 13.1 Å². The Morgan fingerprint density at radius 3 is 2.75 bits per heavy atom. The monoisotopic (exact) mass is 274 g/mol. The molecule has 2 aromatic rings. The van der Waals surface area contributed by atoms with Gasteiger partial charge in [0.05, 0.1) is 0 Å². The number of anilines is 1. The van der Waals surface area contributed by atoms with Crippen molar-refractivity contribution in [3.63, 3.8) is 0 Å². The third kappa shape index (κ3) is 2.65. The summed E-state index contributed by atoms with van der Waals surface area (Å²) in [5, 5.41) is 3.36. The number of nitrogens with zero attached hydrogens (tertiary/aromatic N) is 1. The molecule has 0 radical (unpaired) electrons. The summed E-state index contributed by atoms with van der Waals surface area (Å²) in [4.78, 5) is 2.20. The molecule has 4 heteroatoms. The zero-order valence-corrected chi connectivity index (χ0v) is 11.1. The van der Waals surface area contributed by atoms with Crippen LogP contribution in [0.15, 0.2) is 42.5 Å². The van der Waals surface area contributed by atoms with E-state index in [4.69, 9.17) is 0 Å². The maximum absolute atomic E-state index is 13.3. The lowest BCUT2D eigenvalue weighted by atomic mass is 10.1. The highest BCUT2D eigenvalue weighted by atomic mass is 19.2. The minimum atomic E-state index is -0.799. The van der Waals surface area contributed by atoms with Crippen molar-refractivity contribution in [2.75, 3.05) is 18.0 Å². The summed E-state index contributed by atoms with van der Waals surface area (Å²) in [6.45, 7) is 3.13. The number of hydrogen-bond acceptors (Lipinski definition) is 2. The predicted molar refractivity (Wildman–Crippen MR) is 75.6 cm³/mol. The van der Waals surface area contributed by atoms with E-state index >= 15 is 0 Å². The van der Waals surface area contributed by atoms with Crippen molar-refractivity contribution in [3.05, 3.63) is 65.2 Å². The molecule has 0 spiro atoms. The molecule has 1 N–H and O–H groups in total. The van der Waals surface area contributed by atoms with Crippen molar-refractivity contribution >= 4 is 5.69 Å². The van der Waals surface area contributed by atoms with Gasteiger partial charge in [0.1, 0.15) is 0 Å². The minimum absolute atomic E-state index is 0.579. The highest BCUT2D eigenvalue weighted by molar-refractivity contribution is 5.54. The largest absolute Gasteiger partial charge is 0.366 e. The van der Waals surface area contributed by atoms with Crippen molar-refractivity contribution in [3.8, 4) is 0 Å². The summed E-state index contributed by atoms with van der Waals surface area (Å²) in [5.41, 5.74) is 3.16. The van der Waals surface area contributed by atoms with Gasteiger partial charge in [-0.25, -0.2) is 8.78 Å². The van der Waals surface area contributed by atoms with Crippen molar-refractivity contribution in [2.24, 2.45) is 0 Å². The Balaban J connectivity index is 1.88. The molecule has 0 atom stereocenters. The summed E-state index contributed by atoms with van der Waals surface area (Å²) < 4.78 is 26.3. The Morgan fingerprint density at radius 1 is 1.05 bits per heavy atom. The number of nitrogens with one attached hydrogen (secondary N) is 1. The third-order valence-electron chi connectivity index (χ3n) is 3.56. The lowest BCUT2D eigenvalue weighted by Gasteiger charge is -2.24. The first-order chi connectivity index (χ1) is 9.74. The molecular formula is C16H16F2N2. The van der Waals surface area contributed by atoms with Crippen LogP contribution in [0.4, 0.5) is 14.5 Å². The van der Waals surface area contributed by atoms with Crippen molar-refractivity contribution in [1.82, 2.24) is 5.32 Å². The molecule has 2 aromatic carbocycles. The van der Waals surface area contributed by atoms with E-state index in [0.717, 1.165) is 30.9 Å². The second-order valence-corrected chi connectivity index (χ2v) is 4.98. The smallest absolute Gasteiger partial charge is 0.159 e. The second-order valence-electron chi connectivity index (χ2n) is 4.98. The van der Waals surface area contributed by atoms with E-state index in [-0.39, 0.29) is 0 Å². The minimum Gasteiger partial charge on any atom is -0.366 e. The molecule has 1 heterocycles. The van der Waals surface area contributed by atoms with Gasteiger partial charge in [0, 0.05) is 31.9 Å². The van der Waals surface area contributed by atoms with Crippen molar-refractivity contribution < 1.29 is 8.78 Å². The first-order valence-corrected chi connectivity index (χ1v) is 6.71. The molecule has 0 aliphatic carbocycles. The summed E-state index contributed by atoms with van der Waals surface area (Å²) in [5.74, 6) is -1.59. The Bertz CT molecular complexity index is 613. The number of rotatable bonds is 2. The zero-order valence-electron chi connectivity index (χ0n) is 11.1. The van der Waals surface area contributed by atoms with E-state index in [1.807, 2.05) is 12.1 Å². The van der Waals surface area contributed by atoms with E-state index in [1.54, 1.807) is 6.07 Å². The molecular weight excluding hydrogens is 258 g/mol. The number of benzene rings is 2. The molecule has 20 heavy (non-hydrogen) atoms. The van der Waals surface area contributed by atoms with Crippen LogP contribution in [0, 0.1) is 11.6 Å². The number of fused-ring (bicyclic) bond motifs is 1. The van der Waals surface area contributed by atoms with Gasteiger partial charge < -0.3 is 10.2 Å². The number of para-hydroxylation sites is 1. The van der Waals surface area contributed by atoms with Crippen LogP contribution < -0.4 is 10.2 Å². The van der Waals surface area contributed by atoms with Gasteiger partial charge in [-0.3, -0.25) is 0 Å². The Morgan fingerprint density at radius 2 is 1.90 bits per heavy atom. The number of halogens is 2. The second kappa shape index (κ2) is 5.59. The Kier molecular flexibility index (Phi) is 3.65. The van der Waals surface area contributed by atoms with Crippen LogP contribution in [-0.4, -0.2) is 13.1 Å². The van der Waals surface area contributed by atoms with Crippen molar-refractivity contribution in [1.29, 1.82) is 0 Å². The molecule has 0 saturated carbocycles. The van der Waals surface area contributed by atoms with Gasteiger partial charge in [-0.1, -0.05) is 24.3 Å². The molecule has 2 nitrogen and oxygen atoms in total. The van der Waals surface area contributed by atoms with Crippen LogP contribution in [0.5, 0.6) is 0 Å². The third-order valence-corrected chi connectivity index (χ3v) is 3.56. The molecule has 0 saturated heterocycles. The molecule has 0 aromatic heterocycles. The molecule has 0 amide bonds. The first-order valence-electron chi connectivity index (χ1n) is 6.71. The van der Waals surface area contributed by atoms with Gasteiger partial charge >= 0.3 is 0 Å². The van der Waals surface area contributed by atoms with Crippen LogP contribution in [0.2, 0.25) is 0 Å². The maximum Gasteiger partial charge on any atom is 0.159 e. The average molecular weight is 274 g/mol. The van der Waals surface area contributed by atoms with E-state index in [1.165, 1.54) is 17.7 Å². The van der Waals surface area contributed by atoms with Gasteiger partial charge in [-0.2, -0.15) is 0 Å². The summed E-state index contributed by atoms with van der Waals surface area (Å²) >= 11 is 0.